The number of amides is 2. The van der Waals surface area contributed by atoms with Gasteiger partial charge in [0.2, 0.25) is 5.95 Å². The average Bonchev–Trinajstić information content (AvgIpc) is 2.85. The van der Waals surface area contributed by atoms with Gasteiger partial charge in [0.05, 0.1) is 18.1 Å². The van der Waals surface area contributed by atoms with Crippen molar-refractivity contribution in [2.24, 2.45) is 0 Å². The summed E-state index contributed by atoms with van der Waals surface area (Å²) in [5.74, 6) is 0.136. The molecule has 4 N–H and O–H groups in total. The molecule has 22 heavy (non-hydrogen) atoms. The third-order valence-corrected chi connectivity index (χ3v) is 2.97. The Labute approximate surface area is 127 Å². The second kappa shape index (κ2) is 7.99. The predicted molar refractivity (Wildman–Crippen MR) is 83.1 cm³/mol. The highest BCUT2D eigenvalue weighted by Gasteiger charge is 2.18. The fraction of sp³-hybridized carbons (Fsp3) is 0.357. The molecule has 0 fully saturated rings. The van der Waals surface area contributed by atoms with Crippen LogP contribution >= 0.6 is 0 Å². The summed E-state index contributed by atoms with van der Waals surface area (Å²) >= 11 is 0. The summed E-state index contributed by atoms with van der Waals surface area (Å²) in [6.07, 6.45) is 1.20. The topological polar surface area (TPSA) is 117 Å². The number of anilines is 1. The summed E-state index contributed by atoms with van der Waals surface area (Å²) in [7, 11) is 1.25. The van der Waals surface area contributed by atoms with Crippen LogP contribution in [0.25, 0.3) is 11.0 Å². The van der Waals surface area contributed by atoms with Gasteiger partial charge in [-0.25, -0.2) is 19.1 Å². The van der Waals surface area contributed by atoms with Gasteiger partial charge in [0.1, 0.15) is 0 Å². The van der Waals surface area contributed by atoms with Gasteiger partial charge in [-0.3, -0.25) is 5.32 Å². The minimum absolute atomic E-state index is 0. The SMILES string of the molecule is CCCCNC(=O)n1c(NC(=O)OC)nc2ccccc21.O. The number of ether oxygens (including phenoxy) is 1. The van der Waals surface area contributed by atoms with Crippen molar-refractivity contribution in [1.82, 2.24) is 14.9 Å². The lowest BCUT2D eigenvalue weighted by atomic mass is 10.3. The first-order valence-corrected chi connectivity index (χ1v) is 6.78. The molecule has 0 radical (unpaired) electrons. The second-order valence-corrected chi connectivity index (χ2v) is 4.46. The number of nitrogens with one attached hydrogen (secondary N) is 2. The molecule has 0 aliphatic heterocycles. The van der Waals surface area contributed by atoms with Crippen LogP contribution in [0.1, 0.15) is 19.8 Å². The minimum atomic E-state index is -0.673. The monoisotopic (exact) mass is 308 g/mol. The minimum Gasteiger partial charge on any atom is -0.453 e. The number of unbranched alkanes of at least 4 members (excludes halogenated alkanes) is 1. The molecule has 120 valence electrons. The molecule has 2 aromatic rings. The van der Waals surface area contributed by atoms with E-state index in [4.69, 9.17) is 0 Å². The molecule has 1 heterocycles. The van der Waals surface area contributed by atoms with E-state index in [9.17, 15) is 9.59 Å². The first-order chi connectivity index (χ1) is 10.2. The van der Waals surface area contributed by atoms with Crippen molar-refractivity contribution in [3.63, 3.8) is 0 Å². The van der Waals surface area contributed by atoms with Gasteiger partial charge in [-0.05, 0) is 18.6 Å². The molecule has 2 rings (SSSR count). The molecule has 0 unspecified atom stereocenters. The molecule has 0 bridgehead atoms. The normalized spacial score (nSPS) is 9.91. The Morgan fingerprint density at radius 2 is 2.05 bits per heavy atom. The summed E-state index contributed by atoms with van der Waals surface area (Å²) in [6.45, 7) is 2.61. The van der Waals surface area contributed by atoms with Crippen LogP contribution in [0, 0.1) is 0 Å². The van der Waals surface area contributed by atoms with Crippen LogP contribution in [-0.2, 0) is 4.74 Å². The fourth-order valence-corrected chi connectivity index (χ4v) is 1.91. The van der Waals surface area contributed by atoms with Crippen LogP contribution in [0.2, 0.25) is 0 Å². The molecular formula is C14H20N4O4. The molecule has 1 aromatic carbocycles. The molecule has 2 amide bonds. The fourth-order valence-electron chi connectivity index (χ4n) is 1.91. The van der Waals surface area contributed by atoms with Crippen molar-refractivity contribution in [3.05, 3.63) is 24.3 Å². The summed E-state index contributed by atoms with van der Waals surface area (Å²) < 4.78 is 5.88. The highest BCUT2D eigenvalue weighted by atomic mass is 16.5. The van der Waals surface area contributed by atoms with Gasteiger partial charge in [0.15, 0.2) is 0 Å². The van der Waals surface area contributed by atoms with Crippen molar-refractivity contribution in [2.75, 3.05) is 19.0 Å². The lowest BCUT2D eigenvalue weighted by molar-refractivity contribution is 0.186. The number of hydrogen-bond acceptors (Lipinski definition) is 4. The van der Waals surface area contributed by atoms with Crippen molar-refractivity contribution in [1.29, 1.82) is 0 Å². The number of nitrogens with zero attached hydrogens (tertiary/aromatic N) is 2. The predicted octanol–water partition coefficient (Wildman–Crippen LogP) is 1.75. The van der Waals surface area contributed by atoms with E-state index in [1.165, 1.54) is 11.7 Å². The lowest BCUT2D eigenvalue weighted by Gasteiger charge is -2.09. The third-order valence-electron chi connectivity index (χ3n) is 2.97. The van der Waals surface area contributed by atoms with E-state index in [0.29, 0.717) is 17.6 Å². The molecule has 8 nitrogen and oxygen atoms in total. The summed E-state index contributed by atoms with van der Waals surface area (Å²) in [6, 6.07) is 6.83. The van der Waals surface area contributed by atoms with Crippen molar-refractivity contribution in [3.8, 4) is 0 Å². The van der Waals surface area contributed by atoms with E-state index in [1.54, 1.807) is 12.1 Å². The van der Waals surface area contributed by atoms with Gasteiger partial charge in [-0.15, -0.1) is 0 Å². The summed E-state index contributed by atoms with van der Waals surface area (Å²) in [5, 5.41) is 5.25. The maximum absolute atomic E-state index is 12.3. The van der Waals surface area contributed by atoms with Gasteiger partial charge in [0.25, 0.3) is 0 Å². The van der Waals surface area contributed by atoms with Crippen molar-refractivity contribution in [2.45, 2.75) is 19.8 Å². The molecule has 0 saturated carbocycles. The Morgan fingerprint density at radius 3 is 2.73 bits per heavy atom. The van der Waals surface area contributed by atoms with Gasteiger partial charge >= 0.3 is 12.1 Å². The molecule has 8 heteroatoms. The Balaban J connectivity index is 0.00000242. The number of methoxy groups -OCH3 is 1. The number of imidazole rings is 1. The molecule has 0 aliphatic carbocycles. The number of fused-ring (bicyclic) bond motifs is 1. The quantitative estimate of drug-likeness (QED) is 0.836. The lowest BCUT2D eigenvalue weighted by Crippen LogP contribution is -2.31. The van der Waals surface area contributed by atoms with Gasteiger partial charge in [-0.1, -0.05) is 25.5 Å². The Bertz CT molecular complexity index is 653. The zero-order valence-corrected chi connectivity index (χ0v) is 12.5. The molecule has 0 aliphatic rings. The van der Waals surface area contributed by atoms with Crippen molar-refractivity contribution >= 4 is 29.1 Å². The average molecular weight is 308 g/mol. The molecule has 0 atom stereocenters. The third kappa shape index (κ3) is 3.73. The standard InChI is InChI=1S/C14H18N4O3.H2O/c1-3-4-9-15-13(19)18-11-8-6-5-7-10(11)16-12(18)17-14(20)21-2;/h5-8H,3-4,9H2,1-2H3,(H,15,19)(H,16,17,20);1H2. The first-order valence-electron chi connectivity index (χ1n) is 6.78. The van der Waals surface area contributed by atoms with Crippen LogP contribution < -0.4 is 10.6 Å². The van der Waals surface area contributed by atoms with Crippen molar-refractivity contribution < 1.29 is 19.8 Å². The number of hydrogen-bond donors (Lipinski definition) is 2. The molecule has 1 aromatic heterocycles. The van der Waals surface area contributed by atoms with Gasteiger partial charge in [0, 0.05) is 6.54 Å². The van der Waals surface area contributed by atoms with E-state index >= 15 is 0 Å². The van der Waals surface area contributed by atoms with E-state index in [0.717, 1.165) is 12.8 Å². The first kappa shape index (κ1) is 17.4. The maximum Gasteiger partial charge on any atom is 0.413 e. The van der Waals surface area contributed by atoms with Crippen LogP contribution in [0.4, 0.5) is 15.5 Å². The number of carbonyl (C=O) groups is 2. The van der Waals surface area contributed by atoms with Crippen LogP contribution in [0.3, 0.4) is 0 Å². The Hall–Kier alpha value is -2.61. The van der Waals surface area contributed by atoms with Crippen LogP contribution in [0.5, 0.6) is 0 Å². The summed E-state index contributed by atoms with van der Waals surface area (Å²) in [4.78, 5) is 27.9. The smallest absolute Gasteiger partial charge is 0.413 e. The number of carbonyl (C=O) groups excluding carboxylic acids is 2. The van der Waals surface area contributed by atoms with E-state index < -0.39 is 6.09 Å². The highest BCUT2D eigenvalue weighted by molar-refractivity contribution is 5.96. The maximum atomic E-state index is 12.3. The van der Waals surface area contributed by atoms with Gasteiger partial charge in [-0.2, -0.15) is 0 Å². The van der Waals surface area contributed by atoms with Crippen LogP contribution in [0.15, 0.2) is 24.3 Å². The van der Waals surface area contributed by atoms with E-state index in [1.807, 2.05) is 19.1 Å². The van der Waals surface area contributed by atoms with E-state index in [2.05, 4.69) is 20.4 Å². The largest absolute Gasteiger partial charge is 0.453 e. The number of benzene rings is 1. The van der Waals surface area contributed by atoms with E-state index in [-0.39, 0.29) is 17.5 Å². The highest BCUT2D eigenvalue weighted by Crippen LogP contribution is 2.19. The zero-order chi connectivity index (χ0) is 15.2. The Kier molecular flexibility index (Phi) is 6.33. The number of aromatic nitrogens is 2. The summed E-state index contributed by atoms with van der Waals surface area (Å²) in [5.41, 5.74) is 1.24. The molecular weight excluding hydrogens is 288 g/mol. The number of para-hydroxylation sites is 2. The molecule has 0 spiro atoms. The molecule has 0 saturated heterocycles. The zero-order valence-electron chi connectivity index (χ0n) is 12.5. The number of rotatable bonds is 4. The van der Waals surface area contributed by atoms with Gasteiger partial charge < -0.3 is 15.5 Å². The second-order valence-electron chi connectivity index (χ2n) is 4.46. The van der Waals surface area contributed by atoms with Crippen LogP contribution in [-0.4, -0.2) is 40.8 Å². The Morgan fingerprint density at radius 1 is 1.32 bits per heavy atom.